The van der Waals surface area contributed by atoms with Crippen LogP contribution in [0, 0.1) is 5.82 Å². The molecule has 0 atom stereocenters. The summed E-state index contributed by atoms with van der Waals surface area (Å²) in [4.78, 5) is 11.3. The van der Waals surface area contributed by atoms with Gasteiger partial charge in [0.15, 0.2) is 0 Å². The summed E-state index contributed by atoms with van der Waals surface area (Å²) in [6.07, 6.45) is 0. The third-order valence-corrected chi connectivity index (χ3v) is 2.97. The molecule has 0 fully saturated rings. The van der Waals surface area contributed by atoms with Crippen molar-refractivity contribution in [3.8, 4) is 11.5 Å². The van der Waals surface area contributed by atoms with Gasteiger partial charge in [-0.15, -0.1) is 0 Å². The van der Waals surface area contributed by atoms with E-state index in [1.807, 2.05) is 0 Å². The molecule has 98 valence electrons. The fourth-order valence-corrected chi connectivity index (χ4v) is 2.11. The van der Waals surface area contributed by atoms with Crippen LogP contribution in [0.2, 0.25) is 5.02 Å². The van der Waals surface area contributed by atoms with E-state index >= 15 is 0 Å². The summed E-state index contributed by atoms with van der Waals surface area (Å²) >= 11 is 8.99. The van der Waals surface area contributed by atoms with Crippen molar-refractivity contribution in [2.45, 2.75) is 0 Å². The zero-order valence-electron chi connectivity index (χ0n) is 9.49. The summed E-state index contributed by atoms with van der Waals surface area (Å²) in [5, 5.41) is 0.385. The second-order valence-electron chi connectivity index (χ2n) is 3.71. The maximum atomic E-state index is 13.2. The fourth-order valence-electron chi connectivity index (χ4n) is 1.50. The number of hydrogen-bond acceptors (Lipinski definition) is 2. The number of primary amides is 1. The first kappa shape index (κ1) is 13.8. The standard InChI is InChI=1S/C13H8BrClFNO2/c14-7-3-9(16)6-10(4-7)19-12-5-8(15)1-2-11(12)13(17)18/h1-6H,(H2,17,18). The first-order valence-corrected chi connectivity index (χ1v) is 6.36. The molecule has 2 aromatic rings. The van der Waals surface area contributed by atoms with Crippen LogP contribution in [0.1, 0.15) is 10.4 Å². The molecule has 0 bridgehead atoms. The lowest BCUT2D eigenvalue weighted by Crippen LogP contribution is -2.12. The van der Waals surface area contributed by atoms with Gasteiger partial charge in [0.2, 0.25) is 0 Å². The Morgan fingerprint density at radius 3 is 2.63 bits per heavy atom. The minimum absolute atomic E-state index is 0.171. The SMILES string of the molecule is NC(=O)c1ccc(Cl)cc1Oc1cc(F)cc(Br)c1. The number of carbonyl (C=O) groups excluding carboxylic acids is 1. The van der Waals surface area contributed by atoms with Crippen LogP contribution in [0.25, 0.3) is 0 Å². The number of amides is 1. The van der Waals surface area contributed by atoms with Gasteiger partial charge < -0.3 is 10.5 Å². The van der Waals surface area contributed by atoms with Crippen molar-refractivity contribution in [2.75, 3.05) is 0 Å². The number of hydrogen-bond donors (Lipinski definition) is 1. The van der Waals surface area contributed by atoms with Crippen LogP contribution in [-0.4, -0.2) is 5.91 Å². The average molecular weight is 345 g/mol. The first-order valence-electron chi connectivity index (χ1n) is 5.19. The van der Waals surface area contributed by atoms with Crippen molar-refractivity contribution in [1.29, 1.82) is 0 Å². The quantitative estimate of drug-likeness (QED) is 0.910. The molecule has 0 unspecified atom stereocenters. The Morgan fingerprint density at radius 1 is 1.26 bits per heavy atom. The molecule has 0 aliphatic heterocycles. The summed E-state index contributed by atoms with van der Waals surface area (Å²) in [7, 11) is 0. The largest absolute Gasteiger partial charge is 0.456 e. The van der Waals surface area contributed by atoms with E-state index in [1.54, 1.807) is 6.07 Å². The normalized spacial score (nSPS) is 10.3. The van der Waals surface area contributed by atoms with E-state index in [2.05, 4.69) is 15.9 Å². The van der Waals surface area contributed by atoms with Crippen LogP contribution in [0.5, 0.6) is 11.5 Å². The van der Waals surface area contributed by atoms with Gasteiger partial charge in [-0.3, -0.25) is 4.79 Å². The van der Waals surface area contributed by atoms with Gasteiger partial charge in [0.1, 0.15) is 17.3 Å². The predicted octanol–water partition coefficient (Wildman–Crippen LogP) is 4.13. The molecule has 0 radical (unpaired) electrons. The Kier molecular flexibility index (Phi) is 4.07. The van der Waals surface area contributed by atoms with Crippen LogP contribution in [-0.2, 0) is 0 Å². The number of carbonyl (C=O) groups is 1. The minimum atomic E-state index is -0.651. The molecule has 0 heterocycles. The summed E-state index contributed by atoms with van der Waals surface area (Å²) in [6.45, 7) is 0. The Bertz CT molecular complexity index is 628. The molecule has 2 aromatic carbocycles. The van der Waals surface area contributed by atoms with E-state index in [-0.39, 0.29) is 17.1 Å². The highest BCUT2D eigenvalue weighted by Gasteiger charge is 2.11. The monoisotopic (exact) mass is 343 g/mol. The van der Waals surface area contributed by atoms with Gasteiger partial charge in [-0.1, -0.05) is 27.5 Å². The number of halogens is 3. The summed E-state index contributed by atoms with van der Waals surface area (Å²) in [5.74, 6) is -0.705. The average Bonchev–Trinajstić information content (AvgIpc) is 2.26. The van der Waals surface area contributed by atoms with E-state index < -0.39 is 11.7 Å². The van der Waals surface area contributed by atoms with Crippen molar-refractivity contribution in [3.63, 3.8) is 0 Å². The highest BCUT2D eigenvalue weighted by atomic mass is 79.9. The summed E-state index contributed by atoms with van der Waals surface area (Å²) < 4.78 is 19.2. The second-order valence-corrected chi connectivity index (χ2v) is 5.06. The lowest BCUT2D eigenvalue weighted by molar-refractivity contribution is 0.0998. The molecule has 0 saturated carbocycles. The smallest absolute Gasteiger partial charge is 0.252 e. The van der Waals surface area contributed by atoms with Crippen LogP contribution >= 0.6 is 27.5 Å². The Morgan fingerprint density at radius 2 is 2.00 bits per heavy atom. The zero-order valence-corrected chi connectivity index (χ0v) is 11.8. The fraction of sp³-hybridized carbons (Fsp3) is 0. The van der Waals surface area contributed by atoms with Crippen molar-refractivity contribution >= 4 is 33.4 Å². The number of ether oxygens (including phenoxy) is 1. The van der Waals surface area contributed by atoms with Gasteiger partial charge >= 0.3 is 0 Å². The third-order valence-electron chi connectivity index (χ3n) is 2.27. The molecule has 0 aromatic heterocycles. The van der Waals surface area contributed by atoms with Crippen molar-refractivity contribution < 1.29 is 13.9 Å². The summed E-state index contributed by atoms with van der Waals surface area (Å²) in [6, 6.07) is 8.47. The minimum Gasteiger partial charge on any atom is -0.456 e. The summed E-state index contributed by atoms with van der Waals surface area (Å²) in [5.41, 5.74) is 5.40. The highest BCUT2D eigenvalue weighted by Crippen LogP contribution is 2.30. The molecule has 0 aliphatic rings. The van der Waals surface area contributed by atoms with Crippen molar-refractivity contribution in [2.24, 2.45) is 5.73 Å². The molecular formula is C13H8BrClFNO2. The van der Waals surface area contributed by atoms with Crippen molar-refractivity contribution in [3.05, 3.63) is 57.3 Å². The zero-order chi connectivity index (χ0) is 14.0. The molecule has 1 amide bonds. The number of rotatable bonds is 3. The molecule has 6 heteroatoms. The van der Waals surface area contributed by atoms with Crippen LogP contribution < -0.4 is 10.5 Å². The Balaban J connectivity index is 2.42. The van der Waals surface area contributed by atoms with Gasteiger partial charge in [0, 0.05) is 21.6 Å². The van der Waals surface area contributed by atoms with E-state index in [9.17, 15) is 9.18 Å². The van der Waals surface area contributed by atoms with Gasteiger partial charge in [0.05, 0.1) is 5.56 Å². The van der Waals surface area contributed by atoms with Crippen LogP contribution in [0.4, 0.5) is 4.39 Å². The Hall–Kier alpha value is -1.59. The molecular weight excluding hydrogens is 337 g/mol. The molecule has 19 heavy (non-hydrogen) atoms. The Labute approximate surface area is 122 Å². The van der Waals surface area contributed by atoms with Crippen LogP contribution in [0.15, 0.2) is 40.9 Å². The topological polar surface area (TPSA) is 52.3 Å². The van der Waals surface area contributed by atoms with Crippen molar-refractivity contribution in [1.82, 2.24) is 0 Å². The van der Waals surface area contributed by atoms with Gasteiger partial charge in [-0.05, 0) is 24.3 Å². The maximum Gasteiger partial charge on any atom is 0.252 e. The lowest BCUT2D eigenvalue weighted by Gasteiger charge is -2.10. The van der Waals surface area contributed by atoms with E-state index in [0.717, 1.165) is 0 Å². The molecule has 0 spiro atoms. The van der Waals surface area contributed by atoms with E-state index in [0.29, 0.717) is 9.50 Å². The van der Waals surface area contributed by atoms with E-state index in [4.69, 9.17) is 22.1 Å². The third kappa shape index (κ3) is 3.45. The maximum absolute atomic E-state index is 13.2. The van der Waals surface area contributed by atoms with Gasteiger partial charge in [-0.2, -0.15) is 0 Å². The molecule has 0 saturated heterocycles. The number of nitrogens with two attached hydrogens (primary N) is 1. The second kappa shape index (κ2) is 5.59. The first-order chi connectivity index (χ1) is 8.95. The van der Waals surface area contributed by atoms with Crippen LogP contribution in [0.3, 0.4) is 0 Å². The van der Waals surface area contributed by atoms with Gasteiger partial charge in [0.25, 0.3) is 5.91 Å². The molecule has 3 nitrogen and oxygen atoms in total. The van der Waals surface area contributed by atoms with Gasteiger partial charge in [-0.25, -0.2) is 4.39 Å². The highest BCUT2D eigenvalue weighted by molar-refractivity contribution is 9.10. The molecule has 2 rings (SSSR count). The molecule has 0 aliphatic carbocycles. The number of benzene rings is 2. The van der Waals surface area contributed by atoms with E-state index in [1.165, 1.54) is 30.3 Å². The molecule has 2 N–H and O–H groups in total. The predicted molar refractivity (Wildman–Crippen MR) is 74.1 cm³/mol. The lowest BCUT2D eigenvalue weighted by atomic mass is 10.2.